The largest absolute Gasteiger partial charge is 0.378 e. The summed E-state index contributed by atoms with van der Waals surface area (Å²) >= 11 is 0. The minimum Gasteiger partial charge on any atom is -0.378 e. The fourth-order valence-electron chi connectivity index (χ4n) is 2.04. The Hall–Kier alpha value is -0.120. The summed E-state index contributed by atoms with van der Waals surface area (Å²) in [6.07, 6.45) is 5.37. The van der Waals surface area contributed by atoms with Crippen molar-refractivity contribution in [1.29, 1.82) is 0 Å². The normalized spacial score (nSPS) is 27.2. The van der Waals surface area contributed by atoms with Crippen molar-refractivity contribution in [2.24, 2.45) is 0 Å². The van der Waals surface area contributed by atoms with E-state index in [0.717, 1.165) is 13.2 Å². The van der Waals surface area contributed by atoms with Crippen LogP contribution in [0.15, 0.2) is 0 Å². The van der Waals surface area contributed by atoms with E-state index in [-0.39, 0.29) is 0 Å². The fourth-order valence-corrected chi connectivity index (χ4v) is 2.04. The molecule has 1 aliphatic heterocycles. The van der Waals surface area contributed by atoms with Crippen LogP contribution in [-0.2, 0) is 4.74 Å². The summed E-state index contributed by atoms with van der Waals surface area (Å²) in [5, 5.41) is 3.63. The Morgan fingerprint density at radius 3 is 2.80 bits per heavy atom. The van der Waals surface area contributed by atoms with E-state index >= 15 is 0 Å². The van der Waals surface area contributed by atoms with Crippen LogP contribution in [0.25, 0.3) is 0 Å². The summed E-state index contributed by atoms with van der Waals surface area (Å²) in [6, 6.07) is 0.688. The lowest BCUT2D eigenvalue weighted by Crippen LogP contribution is -2.38. The first-order valence-corrected chi connectivity index (χ1v) is 6.18. The lowest BCUT2D eigenvalue weighted by atomic mass is 10.0. The highest BCUT2D eigenvalue weighted by Crippen LogP contribution is 2.12. The van der Waals surface area contributed by atoms with Crippen molar-refractivity contribution in [1.82, 2.24) is 10.2 Å². The van der Waals surface area contributed by atoms with E-state index in [2.05, 4.69) is 31.2 Å². The maximum Gasteiger partial charge on any atom is 0.0561 e. The standard InChI is InChI=1S/C12H26N2O/c1-11-10-12(6-9-15-11)13-7-4-5-8-14(2)3/h11-13H,4-10H2,1-3H3. The van der Waals surface area contributed by atoms with Crippen LogP contribution >= 0.6 is 0 Å². The number of rotatable bonds is 6. The third-order valence-electron chi connectivity index (χ3n) is 2.95. The molecule has 1 saturated heterocycles. The predicted octanol–water partition coefficient (Wildman–Crippen LogP) is 1.49. The molecule has 0 aliphatic carbocycles. The van der Waals surface area contributed by atoms with Gasteiger partial charge in [0.25, 0.3) is 0 Å². The molecule has 0 aromatic rings. The molecule has 1 aliphatic rings. The van der Waals surface area contributed by atoms with Gasteiger partial charge in [-0.25, -0.2) is 0 Å². The van der Waals surface area contributed by atoms with Gasteiger partial charge in [0.15, 0.2) is 0 Å². The number of nitrogens with one attached hydrogen (secondary N) is 1. The molecule has 15 heavy (non-hydrogen) atoms. The molecule has 0 aromatic carbocycles. The summed E-state index contributed by atoms with van der Waals surface area (Å²) in [5.41, 5.74) is 0. The Balaban J connectivity index is 1.95. The van der Waals surface area contributed by atoms with Crippen molar-refractivity contribution in [3.63, 3.8) is 0 Å². The second-order valence-electron chi connectivity index (χ2n) is 4.87. The van der Waals surface area contributed by atoms with Gasteiger partial charge in [-0.2, -0.15) is 0 Å². The van der Waals surface area contributed by atoms with Gasteiger partial charge in [0.2, 0.25) is 0 Å². The third-order valence-corrected chi connectivity index (χ3v) is 2.95. The maximum atomic E-state index is 5.52. The molecular formula is C12H26N2O. The molecule has 0 radical (unpaired) electrons. The molecule has 0 saturated carbocycles. The highest BCUT2D eigenvalue weighted by Gasteiger charge is 2.17. The van der Waals surface area contributed by atoms with Crippen LogP contribution < -0.4 is 5.32 Å². The molecule has 2 atom stereocenters. The van der Waals surface area contributed by atoms with Gasteiger partial charge < -0.3 is 15.0 Å². The van der Waals surface area contributed by atoms with Gasteiger partial charge in [0.1, 0.15) is 0 Å². The Labute approximate surface area is 94.2 Å². The highest BCUT2D eigenvalue weighted by molar-refractivity contribution is 4.74. The fraction of sp³-hybridized carbons (Fsp3) is 1.00. The van der Waals surface area contributed by atoms with E-state index in [0.29, 0.717) is 12.1 Å². The van der Waals surface area contributed by atoms with Crippen molar-refractivity contribution < 1.29 is 4.74 Å². The summed E-state index contributed by atoms with van der Waals surface area (Å²) < 4.78 is 5.52. The number of ether oxygens (including phenoxy) is 1. The Morgan fingerprint density at radius 2 is 2.13 bits per heavy atom. The van der Waals surface area contributed by atoms with Gasteiger partial charge in [0, 0.05) is 12.6 Å². The molecule has 0 aromatic heterocycles. The number of hydrogen-bond acceptors (Lipinski definition) is 3. The van der Waals surface area contributed by atoms with E-state index in [1.165, 1.54) is 32.2 Å². The maximum absolute atomic E-state index is 5.52. The van der Waals surface area contributed by atoms with Crippen LogP contribution in [0.2, 0.25) is 0 Å². The highest BCUT2D eigenvalue weighted by atomic mass is 16.5. The second-order valence-corrected chi connectivity index (χ2v) is 4.87. The van der Waals surface area contributed by atoms with Crippen molar-refractivity contribution >= 4 is 0 Å². The average Bonchev–Trinajstić information content (AvgIpc) is 2.17. The first-order chi connectivity index (χ1) is 7.18. The van der Waals surface area contributed by atoms with Gasteiger partial charge >= 0.3 is 0 Å². The minimum absolute atomic E-state index is 0.443. The quantitative estimate of drug-likeness (QED) is 0.678. The molecule has 90 valence electrons. The summed E-state index contributed by atoms with van der Waals surface area (Å²) in [4.78, 5) is 2.25. The minimum atomic E-state index is 0.443. The third kappa shape index (κ3) is 6.13. The van der Waals surface area contributed by atoms with Gasteiger partial charge in [0.05, 0.1) is 6.10 Å². The van der Waals surface area contributed by atoms with E-state index in [1.807, 2.05) is 0 Å². The zero-order valence-corrected chi connectivity index (χ0v) is 10.5. The first-order valence-electron chi connectivity index (χ1n) is 6.18. The topological polar surface area (TPSA) is 24.5 Å². The van der Waals surface area contributed by atoms with E-state index in [4.69, 9.17) is 4.74 Å². The monoisotopic (exact) mass is 214 g/mol. The van der Waals surface area contributed by atoms with Gasteiger partial charge in [-0.15, -0.1) is 0 Å². The molecule has 0 bridgehead atoms. The zero-order valence-electron chi connectivity index (χ0n) is 10.5. The van der Waals surface area contributed by atoms with Crippen molar-refractivity contribution in [3.05, 3.63) is 0 Å². The van der Waals surface area contributed by atoms with Crippen LogP contribution in [0, 0.1) is 0 Å². The van der Waals surface area contributed by atoms with Crippen molar-refractivity contribution in [2.75, 3.05) is 33.8 Å². The Bertz CT molecular complexity index is 162. The lowest BCUT2D eigenvalue weighted by molar-refractivity contribution is 0.0134. The first kappa shape index (κ1) is 12.9. The molecule has 0 amide bonds. The SMILES string of the molecule is CC1CC(NCCCCN(C)C)CCO1. The number of hydrogen-bond donors (Lipinski definition) is 1. The summed E-state index contributed by atoms with van der Waals surface area (Å²) in [7, 11) is 4.27. The second kappa shape index (κ2) is 7.20. The van der Waals surface area contributed by atoms with Gasteiger partial charge in [-0.3, -0.25) is 0 Å². The molecule has 1 rings (SSSR count). The van der Waals surface area contributed by atoms with E-state index in [9.17, 15) is 0 Å². The number of unbranched alkanes of at least 4 members (excludes halogenated alkanes) is 1. The lowest BCUT2D eigenvalue weighted by Gasteiger charge is -2.28. The molecular weight excluding hydrogens is 188 g/mol. The predicted molar refractivity (Wildman–Crippen MR) is 64.2 cm³/mol. The molecule has 1 fully saturated rings. The van der Waals surface area contributed by atoms with Crippen molar-refractivity contribution in [3.8, 4) is 0 Å². The van der Waals surface area contributed by atoms with Crippen LogP contribution in [0.5, 0.6) is 0 Å². The van der Waals surface area contributed by atoms with Crippen molar-refractivity contribution in [2.45, 2.75) is 44.8 Å². The van der Waals surface area contributed by atoms with Gasteiger partial charge in [-0.05, 0) is 59.8 Å². The molecule has 1 N–H and O–H groups in total. The Morgan fingerprint density at radius 1 is 1.33 bits per heavy atom. The van der Waals surface area contributed by atoms with Crippen LogP contribution in [0.3, 0.4) is 0 Å². The number of nitrogens with zero attached hydrogens (tertiary/aromatic N) is 1. The van der Waals surface area contributed by atoms with Crippen LogP contribution in [0.1, 0.15) is 32.6 Å². The molecule has 3 nitrogen and oxygen atoms in total. The molecule has 0 spiro atoms. The van der Waals surface area contributed by atoms with Crippen LogP contribution in [-0.4, -0.2) is 50.8 Å². The molecule has 3 heteroatoms. The molecule has 2 unspecified atom stereocenters. The summed E-state index contributed by atoms with van der Waals surface area (Å²) in [6.45, 7) is 5.45. The van der Waals surface area contributed by atoms with Crippen LogP contribution in [0.4, 0.5) is 0 Å². The van der Waals surface area contributed by atoms with E-state index < -0.39 is 0 Å². The van der Waals surface area contributed by atoms with Gasteiger partial charge in [-0.1, -0.05) is 0 Å². The zero-order chi connectivity index (χ0) is 11.1. The van der Waals surface area contributed by atoms with E-state index in [1.54, 1.807) is 0 Å². The molecule has 1 heterocycles. The average molecular weight is 214 g/mol. The smallest absolute Gasteiger partial charge is 0.0561 e. The summed E-state index contributed by atoms with van der Waals surface area (Å²) in [5.74, 6) is 0. The Kier molecular flexibility index (Phi) is 6.22.